The zero-order valence-corrected chi connectivity index (χ0v) is 21.5. The van der Waals surface area contributed by atoms with Crippen LogP contribution in [-0.2, 0) is 9.59 Å². The van der Waals surface area contributed by atoms with Gasteiger partial charge in [0.2, 0.25) is 11.8 Å². The minimum Gasteiger partial charge on any atom is -0.349 e. The molecule has 5 atom stereocenters. The van der Waals surface area contributed by atoms with Crippen LogP contribution in [-0.4, -0.2) is 64.4 Å². The summed E-state index contributed by atoms with van der Waals surface area (Å²) in [6.07, 6.45) is 5.22. The van der Waals surface area contributed by atoms with Crippen LogP contribution in [0, 0.1) is 5.92 Å². The first-order chi connectivity index (χ1) is 17.4. The highest BCUT2D eigenvalue weighted by Gasteiger charge is 2.59. The van der Waals surface area contributed by atoms with Gasteiger partial charge in [-0.25, -0.2) is 9.97 Å². The van der Waals surface area contributed by atoms with Gasteiger partial charge in [-0.3, -0.25) is 9.59 Å². The summed E-state index contributed by atoms with van der Waals surface area (Å²) in [5.41, 5.74) is 2.05. The molecule has 36 heavy (non-hydrogen) atoms. The average Bonchev–Trinajstić information content (AvgIpc) is 3.79. The largest absolute Gasteiger partial charge is 0.349 e. The van der Waals surface area contributed by atoms with Gasteiger partial charge in [0, 0.05) is 42.1 Å². The fourth-order valence-corrected chi connectivity index (χ4v) is 6.28. The molecule has 2 saturated carbocycles. The second-order valence-electron chi connectivity index (χ2n) is 10.8. The average molecular weight is 509 g/mol. The van der Waals surface area contributed by atoms with Gasteiger partial charge in [0.1, 0.15) is 18.0 Å². The molecule has 2 aromatic rings. The highest BCUT2D eigenvalue weighted by Crippen LogP contribution is 2.48. The van der Waals surface area contributed by atoms with Crippen LogP contribution < -0.4 is 15.5 Å². The topological polar surface area (TPSA) is 90.5 Å². The molecule has 3 heterocycles. The van der Waals surface area contributed by atoms with E-state index in [2.05, 4.69) is 44.2 Å². The van der Waals surface area contributed by atoms with Gasteiger partial charge >= 0.3 is 0 Å². The van der Waals surface area contributed by atoms with Crippen LogP contribution in [0.3, 0.4) is 0 Å². The van der Waals surface area contributed by atoms with E-state index < -0.39 is 0 Å². The number of halogens is 1. The Morgan fingerprint density at radius 1 is 1.17 bits per heavy atom. The molecule has 2 aliphatic carbocycles. The Balaban J connectivity index is 1.22. The van der Waals surface area contributed by atoms with E-state index in [0.29, 0.717) is 35.8 Å². The van der Waals surface area contributed by atoms with E-state index in [-0.39, 0.29) is 35.7 Å². The predicted octanol–water partition coefficient (Wildman–Crippen LogP) is 3.54. The number of carbonyl (C=O) groups is 2. The second-order valence-corrected chi connectivity index (χ2v) is 11.2. The van der Waals surface area contributed by atoms with Gasteiger partial charge in [0.25, 0.3) is 0 Å². The van der Waals surface area contributed by atoms with Crippen molar-refractivity contribution < 1.29 is 9.59 Å². The van der Waals surface area contributed by atoms with E-state index in [1.165, 1.54) is 19.2 Å². The standard InChI is InChI=1S/C27H33ClN6O2/c1-15-13-21(35)32-25-22(15)26(31-14-30-25)33-11-12-34(24-16(2)23(24)33)27(36)20(9-10-29-19-7-8-19)17-3-5-18(28)6-4-17/h3-6,14-16,19-20,23-24,29H,7-13H2,1-2H3,(H,30,31,32,35)/t15-,16+,20-,23-,24+/m1/s1. The van der Waals surface area contributed by atoms with Crippen LogP contribution in [0.2, 0.25) is 5.02 Å². The number of aromatic nitrogens is 2. The summed E-state index contributed by atoms with van der Waals surface area (Å²) in [5, 5.41) is 7.17. The van der Waals surface area contributed by atoms with Gasteiger partial charge in [-0.1, -0.05) is 37.6 Å². The maximum absolute atomic E-state index is 14.0. The van der Waals surface area contributed by atoms with Crippen molar-refractivity contribution in [3.8, 4) is 0 Å². The second kappa shape index (κ2) is 9.30. The van der Waals surface area contributed by atoms with Crippen molar-refractivity contribution >= 4 is 35.1 Å². The molecule has 1 aromatic heterocycles. The number of benzene rings is 1. The van der Waals surface area contributed by atoms with E-state index in [0.717, 1.165) is 36.5 Å². The van der Waals surface area contributed by atoms with Crippen molar-refractivity contribution in [2.75, 3.05) is 29.9 Å². The molecular weight excluding hydrogens is 476 g/mol. The Hall–Kier alpha value is -2.71. The van der Waals surface area contributed by atoms with Gasteiger partial charge in [-0.2, -0.15) is 0 Å². The molecule has 0 spiro atoms. The van der Waals surface area contributed by atoms with E-state index in [9.17, 15) is 9.59 Å². The minimum atomic E-state index is -0.185. The summed E-state index contributed by atoms with van der Waals surface area (Å²) in [6, 6.07) is 8.75. The van der Waals surface area contributed by atoms with Gasteiger partial charge in [-0.05, 0) is 49.4 Å². The van der Waals surface area contributed by atoms with Crippen LogP contribution in [0.1, 0.15) is 62.5 Å². The first-order valence-electron chi connectivity index (χ1n) is 13.1. The number of anilines is 2. The molecule has 2 N–H and O–H groups in total. The summed E-state index contributed by atoms with van der Waals surface area (Å²) in [5.74, 6) is 1.96. The molecule has 6 rings (SSSR count). The monoisotopic (exact) mass is 508 g/mol. The molecule has 0 unspecified atom stereocenters. The molecule has 0 bridgehead atoms. The third kappa shape index (κ3) is 4.34. The number of hydrogen-bond donors (Lipinski definition) is 2. The van der Waals surface area contributed by atoms with Crippen LogP contribution in [0.5, 0.6) is 0 Å². The lowest BCUT2D eigenvalue weighted by molar-refractivity contribution is -0.134. The van der Waals surface area contributed by atoms with Gasteiger partial charge in [0.05, 0.1) is 18.0 Å². The van der Waals surface area contributed by atoms with Crippen molar-refractivity contribution in [3.63, 3.8) is 0 Å². The van der Waals surface area contributed by atoms with E-state index in [1.54, 1.807) is 0 Å². The van der Waals surface area contributed by atoms with E-state index in [1.807, 2.05) is 24.3 Å². The van der Waals surface area contributed by atoms with Crippen molar-refractivity contribution in [3.05, 3.63) is 46.7 Å². The predicted molar refractivity (Wildman–Crippen MR) is 139 cm³/mol. The fraction of sp³-hybridized carbons (Fsp3) is 0.556. The highest BCUT2D eigenvalue weighted by molar-refractivity contribution is 6.30. The summed E-state index contributed by atoms with van der Waals surface area (Å²) in [6.45, 7) is 6.49. The van der Waals surface area contributed by atoms with Crippen LogP contribution in [0.25, 0.3) is 0 Å². The fourth-order valence-electron chi connectivity index (χ4n) is 6.15. The van der Waals surface area contributed by atoms with Crippen molar-refractivity contribution in [2.45, 2.75) is 69.5 Å². The molecule has 3 fully saturated rings. The molecule has 4 aliphatic rings. The van der Waals surface area contributed by atoms with Crippen molar-refractivity contribution in [2.24, 2.45) is 5.92 Å². The first-order valence-corrected chi connectivity index (χ1v) is 13.5. The lowest BCUT2D eigenvalue weighted by Gasteiger charge is -2.38. The summed E-state index contributed by atoms with van der Waals surface area (Å²) < 4.78 is 0. The maximum Gasteiger partial charge on any atom is 0.230 e. The first kappa shape index (κ1) is 23.7. The number of nitrogens with one attached hydrogen (secondary N) is 2. The van der Waals surface area contributed by atoms with Crippen LogP contribution >= 0.6 is 11.6 Å². The molecule has 0 radical (unpaired) electrons. The lowest BCUT2D eigenvalue weighted by atomic mass is 9.93. The van der Waals surface area contributed by atoms with Crippen molar-refractivity contribution in [1.29, 1.82) is 0 Å². The zero-order chi connectivity index (χ0) is 25.0. The Bertz CT molecular complexity index is 1170. The third-order valence-corrected chi connectivity index (χ3v) is 8.51. The summed E-state index contributed by atoms with van der Waals surface area (Å²) in [4.78, 5) is 39.5. The van der Waals surface area contributed by atoms with Crippen LogP contribution in [0.4, 0.5) is 11.6 Å². The molecule has 2 aliphatic heterocycles. The minimum absolute atomic E-state index is 0.00264. The quantitative estimate of drug-likeness (QED) is 0.594. The number of carbonyl (C=O) groups excluding carboxylic acids is 2. The number of fused-ring (bicyclic) bond motifs is 2. The number of rotatable bonds is 7. The molecule has 9 heteroatoms. The normalized spacial score (nSPS) is 27.7. The van der Waals surface area contributed by atoms with Gasteiger partial charge in [-0.15, -0.1) is 0 Å². The Kier molecular flexibility index (Phi) is 6.12. The molecule has 1 aromatic carbocycles. The molecule has 1 saturated heterocycles. The molecule has 8 nitrogen and oxygen atoms in total. The number of hydrogen-bond acceptors (Lipinski definition) is 6. The Morgan fingerprint density at radius 2 is 1.94 bits per heavy atom. The number of nitrogens with zero attached hydrogens (tertiary/aromatic N) is 4. The molecular formula is C27H33ClN6O2. The molecule has 2 amide bonds. The lowest BCUT2D eigenvalue weighted by Crippen LogP contribution is -2.51. The third-order valence-electron chi connectivity index (χ3n) is 8.26. The summed E-state index contributed by atoms with van der Waals surface area (Å²) >= 11 is 6.14. The van der Waals surface area contributed by atoms with E-state index in [4.69, 9.17) is 11.6 Å². The zero-order valence-electron chi connectivity index (χ0n) is 20.8. The molecule has 190 valence electrons. The highest BCUT2D eigenvalue weighted by atomic mass is 35.5. The Labute approximate surface area is 216 Å². The van der Waals surface area contributed by atoms with Crippen molar-refractivity contribution in [1.82, 2.24) is 20.2 Å². The Morgan fingerprint density at radius 3 is 2.69 bits per heavy atom. The van der Waals surface area contributed by atoms with E-state index >= 15 is 0 Å². The van der Waals surface area contributed by atoms with Gasteiger partial charge in [0.15, 0.2) is 0 Å². The van der Waals surface area contributed by atoms with Crippen LogP contribution in [0.15, 0.2) is 30.6 Å². The number of piperazine rings is 1. The maximum atomic E-state index is 14.0. The van der Waals surface area contributed by atoms with Gasteiger partial charge < -0.3 is 20.4 Å². The SMILES string of the molecule is C[C@@H]1[C@H]2[C@@H]1N(c1ncnc3c1[C@H](C)CC(=O)N3)CCN2C(=O)[C@H](CCNC1CC1)c1ccc(Cl)cc1. The number of amides is 2. The smallest absolute Gasteiger partial charge is 0.230 e. The summed E-state index contributed by atoms with van der Waals surface area (Å²) in [7, 11) is 0.